The zero-order valence-electron chi connectivity index (χ0n) is 30.0. The van der Waals surface area contributed by atoms with Gasteiger partial charge in [0, 0.05) is 11.8 Å². The van der Waals surface area contributed by atoms with Crippen LogP contribution in [0.2, 0.25) is 0 Å². The summed E-state index contributed by atoms with van der Waals surface area (Å²) in [5.74, 6) is 4.00. The Morgan fingerprint density at radius 2 is 1.59 bits per heavy atom. The van der Waals surface area contributed by atoms with Crippen LogP contribution >= 0.6 is 0 Å². The lowest BCUT2D eigenvalue weighted by Gasteiger charge is -2.60. The molecule has 0 bridgehead atoms. The predicted molar refractivity (Wildman–Crippen MR) is 187 cm³/mol. The number of rotatable bonds is 5. The molecule has 14 atom stereocenters. The second-order valence-electron chi connectivity index (χ2n) is 19.1. The summed E-state index contributed by atoms with van der Waals surface area (Å²) in [4.78, 5) is 39.0. The summed E-state index contributed by atoms with van der Waals surface area (Å²) in [5, 5.41) is 33.2. The van der Waals surface area contributed by atoms with Gasteiger partial charge in [0.15, 0.2) is 5.78 Å². The topological polar surface area (TPSA) is 112 Å². The highest BCUT2D eigenvalue weighted by molar-refractivity contribution is 5.91. The highest BCUT2D eigenvalue weighted by Crippen LogP contribution is 2.71. The first-order chi connectivity index (χ1) is 23.2. The average molecular weight is 671 g/mol. The Kier molecular flexibility index (Phi) is 7.78. The Balaban J connectivity index is 1.09. The van der Waals surface area contributed by atoms with Crippen LogP contribution in [0.15, 0.2) is 23.3 Å². The zero-order chi connectivity index (χ0) is 34.7. The van der Waals surface area contributed by atoms with E-state index in [1.54, 1.807) is 0 Å². The van der Waals surface area contributed by atoms with Crippen LogP contribution in [0.1, 0.15) is 130 Å². The highest BCUT2D eigenvalue weighted by Gasteiger charge is 2.67. The molecule has 0 heterocycles. The van der Waals surface area contributed by atoms with Crippen LogP contribution in [0.5, 0.6) is 0 Å². The Bertz CT molecular complexity index is 1550. The number of carboxylic acid groups (broad SMARTS) is 2. The minimum absolute atomic E-state index is 0.0530. The molecule has 0 aromatic heterocycles. The number of allylic oxidation sites excluding steroid dienone is 3. The van der Waals surface area contributed by atoms with Gasteiger partial charge in [0.1, 0.15) is 5.60 Å². The van der Waals surface area contributed by atoms with Crippen molar-refractivity contribution in [2.75, 3.05) is 0 Å². The van der Waals surface area contributed by atoms with Crippen molar-refractivity contribution in [2.24, 2.45) is 74.9 Å². The molecule has 0 amide bonds. The van der Waals surface area contributed by atoms with Gasteiger partial charge in [-0.15, -0.1) is 6.42 Å². The first-order valence-corrected chi connectivity index (χ1v) is 19.8. The summed E-state index contributed by atoms with van der Waals surface area (Å²) in [5.41, 5.74) is -0.0153. The van der Waals surface area contributed by atoms with Gasteiger partial charge in [-0.05, 0) is 166 Å². The van der Waals surface area contributed by atoms with E-state index in [-0.39, 0.29) is 40.3 Å². The van der Waals surface area contributed by atoms with Crippen molar-refractivity contribution in [1.29, 1.82) is 0 Å². The number of aliphatic carboxylic acids is 2. The van der Waals surface area contributed by atoms with E-state index in [1.165, 1.54) is 11.1 Å². The molecular formula is C43H58O6. The Morgan fingerprint density at radius 3 is 2.33 bits per heavy atom. The van der Waals surface area contributed by atoms with Gasteiger partial charge in [-0.1, -0.05) is 43.9 Å². The van der Waals surface area contributed by atoms with E-state index in [0.29, 0.717) is 54.3 Å². The number of terminal acetylenes is 1. The maximum Gasteiger partial charge on any atom is 0.311 e. The van der Waals surface area contributed by atoms with Crippen molar-refractivity contribution in [1.82, 2.24) is 0 Å². The molecule has 0 aromatic rings. The van der Waals surface area contributed by atoms with Crippen LogP contribution in [0.25, 0.3) is 0 Å². The maximum atomic E-state index is 13.9. The minimum Gasteiger partial charge on any atom is -0.481 e. The van der Waals surface area contributed by atoms with Crippen LogP contribution in [-0.2, 0) is 14.4 Å². The molecule has 0 aromatic carbocycles. The number of hydrogen-bond acceptors (Lipinski definition) is 4. The number of carbonyl (C=O) groups is 3. The lowest BCUT2D eigenvalue weighted by atomic mass is 9.44. The lowest BCUT2D eigenvalue weighted by Crippen LogP contribution is -2.56. The standard InChI is InChI=1S/C43H58O6/c1-5-42(49)21-17-35-31-9-6-25-22-27(8-10-29(25)30(31)15-20-41(35,42)4)43(38(47)48,24-37(45)46)36-13-12-33-32-11-7-26-23-28(44)14-18-39(26,2)34(32)16-19-40(33,36)3/h1,22-23,27,29-36,49H,6-21,24H2,2-4H3,(H,45,46)(H,47,48)/t27-,29-,30+,31+,32-,33-,34-,35-,36-,39-,40-,41-,42-,43?/m0/s1. The summed E-state index contributed by atoms with van der Waals surface area (Å²) < 4.78 is 0. The van der Waals surface area contributed by atoms with Crippen molar-refractivity contribution < 1.29 is 29.7 Å². The number of ketones is 1. The number of fused-ring (bicyclic) bond motifs is 10. The molecule has 0 saturated heterocycles. The molecular weight excluding hydrogens is 612 g/mol. The van der Waals surface area contributed by atoms with Crippen LogP contribution in [0.3, 0.4) is 0 Å². The van der Waals surface area contributed by atoms with Gasteiger partial charge in [-0.2, -0.15) is 0 Å². The van der Waals surface area contributed by atoms with E-state index in [2.05, 4.69) is 32.8 Å². The van der Waals surface area contributed by atoms with E-state index in [9.17, 15) is 29.7 Å². The Morgan fingerprint density at radius 1 is 0.837 bits per heavy atom. The van der Waals surface area contributed by atoms with Crippen molar-refractivity contribution >= 4 is 17.7 Å². The van der Waals surface area contributed by atoms with Crippen molar-refractivity contribution in [3.05, 3.63) is 23.3 Å². The van der Waals surface area contributed by atoms with E-state index < -0.39 is 23.0 Å². The van der Waals surface area contributed by atoms with Crippen LogP contribution in [0.4, 0.5) is 0 Å². The molecule has 8 aliphatic rings. The highest BCUT2D eigenvalue weighted by atomic mass is 16.4. The van der Waals surface area contributed by atoms with E-state index in [0.717, 1.165) is 89.9 Å². The summed E-state index contributed by atoms with van der Waals surface area (Å²) in [6.07, 6.45) is 24.4. The molecule has 3 N–H and O–H groups in total. The third kappa shape index (κ3) is 4.51. The molecule has 6 saturated carbocycles. The maximum absolute atomic E-state index is 13.9. The first-order valence-electron chi connectivity index (χ1n) is 19.8. The molecule has 266 valence electrons. The Labute approximate surface area is 293 Å². The molecule has 1 unspecified atom stereocenters. The molecule has 0 spiro atoms. The van der Waals surface area contributed by atoms with Gasteiger partial charge in [-0.25, -0.2) is 0 Å². The van der Waals surface area contributed by atoms with Crippen LogP contribution < -0.4 is 0 Å². The predicted octanol–water partition coefficient (Wildman–Crippen LogP) is 8.23. The largest absolute Gasteiger partial charge is 0.481 e. The fraction of sp³-hybridized carbons (Fsp3) is 0.791. The van der Waals surface area contributed by atoms with Gasteiger partial charge in [0.2, 0.25) is 0 Å². The monoisotopic (exact) mass is 670 g/mol. The average Bonchev–Trinajstić information content (AvgIpc) is 3.57. The summed E-state index contributed by atoms with van der Waals surface area (Å²) in [7, 11) is 0. The molecule has 0 radical (unpaired) electrons. The van der Waals surface area contributed by atoms with Crippen molar-refractivity contribution in [3.63, 3.8) is 0 Å². The van der Waals surface area contributed by atoms with Gasteiger partial charge in [-0.3, -0.25) is 14.4 Å². The summed E-state index contributed by atoms with van der Waals surface area (Å²) in [6, 6.07) is 0. The molecule has 49 heavy (non-hydrogen) atoms. The number of carbonyl (C=O) groups excluding carboxylic acids is 1. The quantitative estimate of drug-likeness (QED) is 0.201. The third-order valence-electron chi connectivity index (χ3n) is 17.9. The number of carboxylic acids is 2. The van der Waals surface area contributed by atoms with Gasteiger partial charge < -0.3 is 15.3 Å². The third-order valence-corrected chi connectivity index (χ3v) is 17.9. The second kappa shape index (κ2) is 11.3. The first kappa shape index (κ1) is 33.7. The van der Waals surface area contributed by atoms with E-state index in [1.807, 2.05) is 6.08 Å². The molecule has 6 nitrogen and oxygen atoms in total. The van der Waals surface area contributed by atoms with Crippen molar-refractivity contribution in [2.45, 2.75) is 136 Å². The number of aliphatic hydroxyl groups is 1. The zero-order valence-corrected chi connectivity index (χ0v) is 30.0. The normalized spacial score (nSPS) is 49.7. The van der Waals surface area contributed by atoms with Crippen LogP contribution in [-0.4, -0.2) is 38.6 Å². The fourth-order valence-corrected chi connectivity index (χ4v) is 15.5. The summed E-state index contributed by atoms with van der Waals surface area (Å²) >= 11 is 0. The van der Waals surface area contributed by atoms with Gasteiger partial charge in [0.05, 0.1) is 11.8 Å². The fourth-order valence-electron chi connectivity index (χ4n) is 15.5. The van der Waals surface area contributed by atoms with Crippen molar-refractivity contribution in [3.8, 4) is 12.3 Å². The second-order valence-corrected chi connectivity index (χ2v) is 19.1. The smallest absolute Gasteiger partial charge is 0.311 e. The summed E-state index contributed by atoms with van der Waals surface area (Å²) in [6.45, 7) is 6.95. The molecule has 6 heteroatoms. The van der Waals surface area contributed by atoms with E-state index in [4.69, 9.17) is 6.42 Å². The minimum atomic E-state index is -1.32. The molecule has 0 aliphatic heterocycles. The van der Waals surface area contributed by atoms with E-state index >= 15 is 0 Å². The molecule has 6 fully saturated rings. The lowest BCUT2D eigenvalue weighted by molar-refractivity contribution is -0.172. The molecule has 8 rings (SSSR count). The van der Waals surface area contributed by atoms with Gasteiger partial charge in [0.25, 0.3) is 0 Å². The van der Waals surface area contributed by atoms with Crippen LogP contribution in [0, 0.1) is 87.3 Å². The molecule has 8 aliphatic carbocycles. The number of hydrogen-bond donors (Lipinski definition) is 3. The Hall–Kier alpha value is -2.39. The van der Waals surface area contributed by atoms with Gasteiger partial charge >= 0.3 is 11.9 Å². The SMILES string of the molecule is C#C[C@]1(O)CC[C@H]2[C@@H]3CCC4=C[C@@H](C(CC(=O)O)(C(=O)O)[C@H]5CC[C@H]6[C@@H]7CCC8=CC(=O)CC[C@]8(C)[C@H]7CC[C@]56C)CC[C@@H]4[C@H]3CC[C@@]21C.